The molecule has 0 unspecified atom stereocenters. The highest BCUT2D eigenvalue weighted by atomic mass is 32.1. The fourth-order valence-corrected chi connectivity index (χ4v) is 4.23. The SMILES string of the molecule is Nc1ncc(N2CCc3c(-c4ccncc4)nc(N4CCOCC4)nc32)s1. The third kappa shape index (κ3) is 2.98. The van der Waals surface area contributed by atoms with Crippen LogP contribution in [0.2, 0.25) is 0 Å². The number of fused-ring (bicyclic) bond motifs is 1. The second-order valence-corrected chi connectivity index (χ2v) is 7.49. The van der Waals surface area contributed by atoms with Crippen molar-refractivity contribution in [1.82, 2.24) is 19.9 Å². The Morgan fingerprint density at radius 1 is 1.07 bits per heavy atom. The summed E-state index contributed by atoms with van der Waals surface area (Å²) < 4.78 is 5.49. The zero-order chi connectivity index (χ0) is 18.2. The van der Waals surface area contributed by atoms with Gasteiger partial charge in [0, 0.05) is 43.2 Å². The number of rotatable bonds is 3. The highest BCUT2D eigenvalue weighted by molar-refractivity contribution is 7.19. The van der Waals surface area contributed by atoms with Crippen LogP contribution in [0.5, 0.6) is 0 Å². The molecule has 3 aromatic rings. The summed E-state index contributed by atoms with van der Waals surface area (Å²) in [7, 11) is 0. The number of nitrogens with zero attached hydrogens (tertiary/aromatic N) is 6. The molecule has 3 aromatic heterocycles. The van der Waals surface area contributed by atoms with Gasteiger partial charge in [0.15, 0.2) is 5.13 Å². The van der Waals surface area contributed by atoms with Crippen molar-refractivity contribution in [3.63, 3.8) is 0 Å². The maximum Gasteiger partial charge on any atom is 0.228 e. The number of nitrogens with two attached hydrogens (primary N) is 1. The average molecular weight is 381 g/mol. The van der Waals surface area contributed by atoms with E-state index in [0.717, 1.165) is 59.6 Å². The molecule has 2 aliphatic heterocycles. The van der Waals surface area contributed by atoms with Gasteiger partial charge in [-0.2, -0.15) is 4.98 Å². The zero-order valence-corrected chi connectivity index (χ0v) is 15.5. The van der Waals surface area contributed by atoms with Crippen molar-refractivity contribution in [3.05, 3.63) is 36.3 Å². The highest BCUT2D eigenvalue weighted by Gasteiger charge is 2.29. The van der Waals surface area contributed by atoms with Gasteiger partial charge in [-0.1, -0.05) is 11.3 Å². The van der Waals surface area contributed by atoms with Crippen molar-refractivity contribution in [2.24, 2.45) is 0 Å². The standard InChI is InChI=1S/C18H19N7OS/c19-17-21-11-14(27-17)25-6-3-13-15(12-1-4-20-5-2-12)22-18(23-16(13)25)24-7-9-26-10-8-24/h1-2,4-5,11H,3,6-10H2,(H2,19,21). The third-order valence-electron chi connectivity index (χ3n) is 4.84. The molecule has 0 bridgehead atoms. The molecule has 27 heavy (non-hydrogen) atoms. The molecule has 0 radical (unpaired) electrons. The van der Waals surface area contributed by atoms with E-state index in [4.69, 9.17) is 20.4 Å². The van der Waals surface area contributed by atoms with Gasteiger partial charge in [-0.15, -0.1) is 0 Å². The molecule has 1 saturated heterocycles. The first-order valence-electron chi connectivity index (χ1n) is 8.92. The zero-order valence-electron chi connectivity index (χ0n) is 14.7. The third-order valence-corrected chi connectivity index (χ3v) is 5.69. The van der Waals surface area contributed by atoms with E-state index in [1.54, 1.807) is 12.4 Å². The number of nitrogen functional groups attached to an aromatic ring is 1. The first kappa shape index (κ1) is 16.4. The number of hydrogen-bond donors (Lipinski definition) is 1. The topological polar surface area (TPSA) is 93.3 Å². The summed E-state index contributed by atoms with van der Waals surface area (Å²) in [4.78, 5) is 22.6. The van der Waals surface area contributed by atoms with Crippen molar-refractivity contribution >= 4 is 33.2 Å². The van der Waals surface area contributed by atoms with Gasteiger partial charge < -0.3 is 20.3 Å². The van der Waals surface area contributed by atoms with Crippen LogP contribution in [-0.2, 0) is 11.2 Å². The predicted octanol–water partition coefficient (Wildman–Crippen LogP) is 2.11. The molecular weight excluding hydrogens is 362 g/mol. The summed E-state index contributed by atoms with van der Waals surface area (Å²) in [6.07, 6.45) is 6.30. The Balaban J connectivity index is 1.64. The fraction of sp³-hybridized carbons (Fsp3) is 0.333. The molecular formula is C18H19N7OS. The second-order valence-electron chi connectivity index (χ2n) is 6.45. The number of aromatic nitrogens is 4. The van der Waals surface area contributed by atoms with Gasteiger partial charge in [0.05, 0.1) is 25.1 Å². The maximum absolute atomic E-state index is 5.85. The highest BCUT2D eigenvalue weighted by Crippen LogP contribution is 2.41. The van der Waals surface area contributed by atoms with E-state index in [9.17, 15) is 0 Å². The van der Waals surface area contributed by atoms with Crippen molar-refractivity contribution in [1.29, 1.82) is 0 Å². The number of morpholine rings is 1. The lowest BCUT2D eigenvalue weighted by Gasteiger charge is -2.28. The number of hydrogen-bond acceptors (Lipinski definition) is 9. The molecule has 0 aromatic carbocycles. The molecule has 5 rings (SSSR count). The molecule has 138 valence electrons. The first-order chi connectivity index (χ1) is 13.3. The van der Waals surface area contributed by atoms with Crippen molar-refractivity contribution < 1.29 is 4.74 Å². The fourth-order valence-electron chi connectivity index (χ4n) is 3.51. The van der Waals surface area contributed by atoms with Gasteiger partial charge in [0.1, 0.15) is 10.8 Å². The van der Waals surface area contributed by atoms with Gasteiger partial charge in [0.25, 0.3) is 0 Å². The average Bonchev–Trinajstić information content (AvgIpc) is 3.34. The summed E-state index contributed by atoms with van der Waals surface area (Å²) in [5, 5.41) is 1.58. The van der Waals surface area contributed by atoms with Crippen LogP contribution in [0.1, 0.15) is 5.56 Å². The summed E-state index contributed by atoms with van der Waals surface area (Å²) in [5.74, 6) is 1.69. The molecule has 1 fully saturated rings. The van der Waals surface area contributed by atoms with Crippen molar-refractivity contribution in [2.75, 3.05) is 48.4 Å². The summed E-state index contributed by atoms with van der Waals surface area (Å²) in [6, 6.07) is 4.00. The summed E-state index contributed by atoms with van der Waals surface area (Å²) in [6.45, 7) is 3.82. The van der Waals surface area contributed by atoms with Crippen LogP contribution in [0.4, 0.5) is 21.9 Å². The lowest BCUT2D eigenvalue weighted by Crippen LogP contribution is -2.37. The molecule has 0 aliphatic carbocycles. The van der Waals surface area contributed by atoms with E-state index >= 15 is 0 Å². The molecule has 0 atom stereocenters. The second kappa shape index (κ2) is 6.75. The van der Waals surface area contributed by atoms with Gasteiger partial charge in [-0.3, -0.25) is 4.98 Å². The Kier molecular flexibility index (Phi) is 4.10. The minimum Gasteiger partial charge on any atom is -0.378 e. The van der Waals surface area contributed by atoms with Crippen molar-refractivity contribution in [2.45, 2.75) is 6.42 Å². The number of ether oxygens (including phenoxy) is 1. The number of pyridine rings is 1. The Morgan fingerprint density at radius 2 is 1.89 bits per heavy atom. The van der Waals surface area contributed by atoms with Gasteiger partial charge in [-0.25, -0.2) is 9.97 Å². The largest absolute Gasteiger partial charge is 0.378 e. The monoisotopic (exact) mass is 381 g/mol. The van der Waals surface area contributed by atoms with E-state index in [1.807, 2.05) is 18.3 Å². The quantitative estimate of drug-likeness (QED) is 0.737. The van der Waals surface area contributed by atoms with E-state index in [0.29, 0.717) is 18.3 Å². The van der Waals surface area contributed by atoms with Crippen LogP contribution in [0.15, 0.2) is 30.7 Å². The number of thiazole rings is 1. The number of anilines is 4. The van der Waals surface area contributed by atoms with E-state index in [2.05, 4.69) is 19.8 Å². The van der Waals surface area contributed by atoms with Crippen LogP contribution in [-0.4, -0.2) is 52.8 Å². The van der Waals surface area contributed by atoms with Crippen LogP contribution >= 0.6 is 11.3 Å². The normalized spacial score (nSPS) is 16.6. The summed E-state index contributed by atoms with van der Waals surface area (Å²) in [5.41, 5.74) is 9.05. The molecule has 2 N–H and O–H groups in total. The molecule has 0 saturated carbocycles. The van der Waals surface area contributed by atoms with Crippen molar-refractivity contribution in [3.8, 4) is 11.3 Å². The molecule has 0 spiro atoms. The van der Waals surface area contributed by atoms with E-state index in [1.165, 1.54) is 11.3 Å². The van der Waals surface area contributed by atoms with Gasteiger partial charge in [0.2, 0.25) is 5.95 Å². The molecule has 9 heteroatoms. The van der Waals surface area contributed by atoms with E-state index in [-0.39, 0.29) is 0 Å². The smallest absolute Gasteiger partial charge is 0.228 e. The Morgan fingerprint density at radius 3 is 2.63 bits per heavy atom. The Hall–Kier alpha value is -2.78. The predicted molar refractivity (Wildman–Crippen MR) is 106 cm³/mol. The Labute approximate surface area is 160 Å². The van der Waals surface area contributed by atoms with Crippen LogP contribution in [0.3, 0.4) is 0 Å². The molecule has 2 aliphatic rings. The van der Waals surface area contributed by atoms with E-state index < -0.39 is 0 Å². The lowest BCUT2D eigenvalue weighted by molar-refractivity contribution is 0.122. The maximum atomic E-state index is 5.85. The molecule has 0 amide bonds. The van der Waals surface area contributed by atoms with Crippen LogP contribution in [0, 0.1) is 0 Å². The van der Waals surface area contributed by atoms with Crippen LogP contribution in [0.25, 0.3) is 11.3 Å². The minimum atomic E-state index is 0.565. The Bertz CT molecular complexity index is 956. The molecule has 5 heterocycles. The first-order valence-corrected chi connectivity index (χ1v) is 9.74. The van der Waals surface area contributed by atoms with Crippen LogP contribution < -0.4 is 15.5 Å². The lowest BCUT2D eigenvalue weighted by atomic mass is 10.1. The minimum absolute atomic E-state index is 0.565. The van der Waals surface area contributed by atoms with Gasteiger partial charge >= 0.3 is 0 Å². The van der Waals surface area contributed by atoms with Gasteiger partial charge in [-0.05, 0) is 18.6 Å². The summed E-state index contributed by atoms with van der Waals surface area (Å²) >= 11 is 1.48. The molecule has 8 nitrogen and oxygen atoms in total.